The molecular weight excluding hydrogens is 478 g/mol. The van der Waals surface area contributed by atoms with Crippen molar-refractivity contribution >= 4 is 5.96 Å². The van der Waals surface area contributed by atoms with E-state index in [1.807, 2.05) is 0 Å². The predicted octanol–water partition coefficient (Wildman–Crippen LogP) is 5.65. The van der Waals surface area contributed by atoms with E-state index in [4.69, 9.17) is 0 Å². The van der Waals surface area contributed by atoms with Gasteiger partial charge in [-0.3, -0.25) is 19.3 Å². The van der Waals surface area contributed by atoms with Gasteiger partial charge in [0.15, 0.2) is 6.29 Å². The highest BCUT2D eigenvalue weighted by Crippen LogP contribution is 2.45. The fourth-order valence-electron chi connectivity index (χ4n) is 6.74. The van der Waals surface area contributed by atoms with Crippen LogP contribution < -0.4 is 5.32 Å². The Morgan fingerprint density at radius 3 is 1.28 bits per heavy atom. The number of rotatable bonds is 5. The topological polar surface area (TPSA) is 24.8 Å². The molecule has 0 bridgehead atoms. The Balaban J connectivity index is 1.39. The Bertz CT molecular complexity index is 1360. The van der Waals surface area contributed by atoms with Crippen LogP contribution in [0.15, 0.2) is 121 Å². The Labute approximate surface area is 232 Å². The normalized spacial score (nSPS) is 25.8. The second kappa shape index (κ2) is 10.7. The summed E-state index contributed by atoms with van der Waals surface area (Å²) in [6, 6.07) is 44.4. The molecule has 0 radical (unpaired) electrons. The van der Waals surface area contributed by atoms with Gasteiger partial charge in [0.05, 0.1) is 26.2 Å². The lowest BCUT2D eigenvalue weighted by Crippen LogP contribution is -2.54. The number of nitrogens with one attached hydrogen (secondary N) is 1. The molecule has 6 rings (SSSR count). The lowest BCUT2D eigenvalue weighted by molar-refractivity contribution is -0.540. The summed E-state index contributed by atoms with van der Waals surface area (Å²) in [5.74, 6) is 1.13. The first-order valence-corrected chi connectivity index (χ1v) is 13.8. The van der Waals surface area contributed by atoms with Crippen molar-refractivity contribution in [1.29, 1.82) is 0 Å². The van der Waals surface area contributed by atoms with Gasteiger partial charge in [0.1, 0.15) is 12.1 Å². The van der Waals surface area contributed by atoms with Gasteiger partial charge in [-0.2, -0.15) is 0 Å². The minimum atomic E-state index is 0.00580. The quantitative estimate of drug-likeness (QED) is 0.347. The highest BCUT2D eigenvalue weighted by atomic mass is 15.6. The molecule has 0 amide bonds. The molecule has 198 valence electrons. The van der Waals surface area contributed by atoms with E-state index in [9.17, 15) is 0 Å². The smallest absolute Gasteiger partial charge is 0.257 e. The number of hydrogen-bond donors (Lipinski definition) is 1. The van der Waals surface area contributed by atoms with Gasteiger partial charge < -0.3 is 0 Å². The molecule has 4 atom stereocenters. The molecule has 0 spiro atoms. The third-order valence-electron chi connectivity index (χ3n) is 8.57. The molecule has 4 aromatic rings. The van der Waals surface area contributed by atoms with Crippen LogP contribution in [0.3, 0.4) is 0 Å². The fourth-order valence-corrected chi connectivity index (χ4v) is 6.74. The molecule has 0 aromatic heterocycles. The average Bonchev–Trinajstić information content (AvgIpc) is 3.39. The Hall–Kier alpha value is -3.93. The second-order valence-electron chi connectivity index (χ2n) is 10.8. The largest absolute Gasteiger partial charge is 0.351 e. The summed E-state index contributed by atoms with van der Waals surface area (Å²) in [4.78, 5) is 7.38. The number of nitrogens with zero attached hydrogens (tertiary/aromatic N) is 4. The van der Waals surface area contributed by atoms with E-state index in [1.54, 1.807) is 0 Å². The number of benzene rings is 4. The molecule has 4 aromatic carbocycles. The Kier molecular flexibility index (Phi) is 6.94. The lowest BCUT2D eigenvalue weighted by Gasteiger charge is -2.27. The van der Waals surface area contributed by atoms with Gasteiger partial charge in [-0.1, -0.05) is 121 Å². The molecule has 1 fully saturated rings. The first-order chi connectivity index (χ1) is 19.1. The van der Waals surface area contributed by atoms with Crippen LogP contribution in [0.5, 0.6) is 0 Å². The van der Waals surface area contributed by atoms with E-state index in [1.165, 1.54) is 22.3 Å². The maximum Gasteiger partial charge on any atom is 0.351 e. The van der Waals surface area contributed by atoms with Gasteiger partial charge in [0, 0.05) is 0 Å². The van der Waals surface area contributed by atoms with Crippen molar-refractivity contribution in [3.8, 4) is 0 Å². The summed E-state index contributed by atoms with van der Waals surface area (Å²) in [6.07, 6.45) is 0.00580. The van der Waals surface area contributed by atoms with Crippen molar-refractivity contribution in [2.24, 2.45) is 0 Å². The molecule has 0 saturated carbocycles. The summed E-state index contributed by atoms with van der Waals surface area (Å²) in [6.45, 7) is 0. The van der Waals surface area contributed by atoms with Gasteiger partial charge in [0.25, 0.3) is 0 Å². The highest BCUT2D eigenvalue weighted by molar-refractivity contribution is 5.77. The van der Waals surface area contributed by atoms with E-state index in [2.05, 4.69) is 174 Å². The zero-order chi connectivity index (χ0) is 26.9. The molecule has 1 N–H and O–H groups in total. The Morgan fingerprint density at radius 1 is 0.513 bits per heavy atom. The third kappa shape index (κ3) is 4.52. The zero-order valence-corrected chi connectivity index (χ0v) is 23.2. The van der Waals surface area contributed by atoms with Crippen LogP contribution in [0.1, 0.15) is 46.4 Å². The van der Waals surface area contributed by atoms with Gasteiger partial charge in [-0.05, 0) is 36.3 Å². The van der Waals surface area contributed by atoms with E-state index >= 15 is 0 Å². The molecule has 2 aliphatic rings. The van der Waals surface area contributed by atoms with Crippen LogP contribution in [-0.4, -0.2) is 59.7 Å². The molecule has 1 saturated heterocycles. The monoisotopic (exact) mass is 516 g/mol. The van der Waals surface area contributed by atoms with E-state index in [-0.39, 0.29) is 30.5 Å². The number of likely N-dealkylation sites (N-methyl/N-ethyl adjacent to an activating group) is 4. The third-order valence-corrected chi connectivity index (χ3v) is 8.57. The zero-order valence-electron chi connectivity index (χ0n) is 23.2. The lowest BCUT2D eigenvalue weighted by atomic mass is 9.93. The van der Waals surface area contributed by atoms with Crippen molar-refractivity contribution in [1.82, 2.24) is 20.0 Å². The summed E-state index contributed by atoms with van der Waals surface area (Å²) >= 11 is 0. The molecular formula is C34H38N5+. The SMILES string of the molecule is CN1C(NC2N(C)C(c3ccccc3)C(c3ccccc3)N2C)=[N+](C)C(c2ccccc2)C1c1ccccc1. The van der Waals surface area contributed by atoms with Crippen LogP contribution >= 0.6 is 0 Å². The molecule has 5 nitrogen and oxygen atoms in total. The molecule has 0 aliphatic carbocycles. The maximum absolute atomic E-state index is 4.00. The van der Waals surface area contributed by atoms with Gasteiger partial charge in [-0.15, -0.1) is 0 Å². The minimum Gasteiger partial charge on any atom is -0.257 e. The van der Waals surface area contributed by atoms with E-state index < -0.39 is 0 Å². The van der Waals surface area contributed by atoms with Crippen molar-refractivity contribution in [2.75, 3.05) is 28.2 Å². The molecule has 2 aliphatic heterocycles. The Morgan fingerprint density at radius 2 is 0.872 bits per heavy atom. The standard InChI is InChI=1S/C34H37N5/c1-36-29(25-17-9-5-10-18-25)30(26-19-11-6-12-20-26)37(2)33(36)35-34-38(3)31(27-21-13-7-14-22-27)32(39(34)4)28-23-15-8-16-24-28/h5-24,29-33H,1-4H3/p+1. The molecule has 2 heterocycles. The van der Waals surface area contributed by atoms with Crippen LogP contribution in [0.25, 0.3) is 0 Å². The summed E-state index contributed by atoms with van der Waals surface area (Å²) in [5.41, 5.74) is 5.28. The highest BCUT2D eigenvalue weighted by Gasteiger charge is 2.51. The first kappa shape index (κ1) is 25.4. The molecule has 39 heavy (non-hydrogen) atoms. The van der Waals surface area contributed by atoms with Crippen molar-refractivity contribution < 1.29 is 4.58 Å². The summed E-state index contributed by atoms with van der Waals surface area (Å²) in [5, 5.41) is 4.00. The second-order valence-corrected chi connectivity index (χ2v) is 10.8. The summed E-state index contributed by atoms with van der Waals surface area (Å²) < 4.78 is 2.42. The van der Waals surface area contributed by atoms with Crippen LogP contribution in [-0.2, 0) is 0 Å². The fraction of sp³-hybridized carbons (Fsp3) is 0.265. The minimum absolute atomic E-state index is 0.00580. The van der Waals surface area contributed by atoms with E-state index in [0.29, 0.717) is 0 Å². The van der Waals surface area contributed by atoms with Crippen molar-refractivity contribution in [3.63, 3.8) is 0 Å². The van der Waals surface area contributed by atoms with Crippen LogP contribution in [0.4, 0.5) is 0 Å². The molecule has 5 heteroatoms. The van der Waals surface area contributed by atoms with Gasteiger partial charge >= 0.3 is 5.96 Å². The summed E-state index contributed by atoms with van der Waals surface area (Å²) in [7, 11) is 8.93. The van der Waals surface area contributed by atoms with Crippen molar-refractivity contribution in [3.05, 3.63) is 144 Å². The van der Waals surface area contributed by atoms with Gasteiger partial charge in [0.2, 0.25) is 0 Å². The predicted molar refractivity (Wildman–Crippen MR) is 158 cm³/mol. The molecule has 4 unspecified atom stereocenters. The van der Waals surface area contributed by atoms with E-state index in [0.717, 1.165) is 5.96 Å². The number of guanidine groups is 1. The average molecular weight is 517 g/mol. The van der Waals surface area contributed by atoms with Crippen LogP contribution in [0.2, 0.25) is 0 Å². The maximum atomic E-state index is 4.00. The van der Waals surface area contributed by atoms with Crippen LogP contribution in [0, 0.1) is 0 Å². The first-order valence-electron chi connectivity index (χ1n) is 13.8. The number of hydrogen-bond acceptors (Lipinski definition) is 4. The van der Waals surface area contributed by atoms with Crippen molar-refractivity contribution in [2.45, 2.75) is 30.5 Å². The van der Waals surface area contributed by atoms with Gasteiger partial charge in [-0.25, -0.2) is 5.32 Å².